The van der Waals surface area contributed by atoms with Crippen LogP contribution in [0.1, 0.15) is 22.6 Å². The summed E-state index contributed by atoms with van der Waals surface area (Å²) in [6.45, 7) is 4.84. The zero-order valence-corrected chi connectivity index (χ0v) is 17.1. The third kappa shape index (κ3) is 5.44. The number of amides is 1. The third-order valence-electron chi connectivity index (χ3n) is 5.15. The van der Waals surface area contributed by atoms with Crippen LogP contribution in [0, 0.1) is 0 Å². The maximum absolute atomic E-state index is 12.8. The summed E-state index contributed by atoms with van der Waals surface area (Å²) in [5.74, 6) is 0.241. The molecule has 0 radical (unpaired) electrons. The number of benzene rings is 1. The molecular weight excluding hydrogens is 399 g/mol. The van der Waals surface area contributed by atoms with E-state index in [1.54, 1.807) is 7.11 Å². The van der Waals surface area contributed by atoms with E-state index in [1.807, 2.05) is 24.3 Å². The molecule has 0 bridgehead atoms. The van der Waals surface area contributed by atoms with E-state index in [0.29, 0.717) is 17.6 Å². The minimum absolute atomic E-state index is 0.224. The van der Waals surface area contributed by atoms with Crippen LogP contribution < -0.4 is 15.0 Å². The van der Waals surface area contributed by atoms with Gasteiger partial charge in [0.15, 0.2) is 5.69 Å². The van der Waals surface area contributed by atoms with Gasteiger partial charge in [0.2, 0.25) is 0 Å². The highest BCUT2D eigenvalue weighted by Crippen LogP contribution is 2.29. The van der Waals surface area contributed by atoms with Crippen LogP contribution in [0.2, 0.25) is 0 Å². The van der Waals surface area contributed by atoms with Crippen molar-refractivity contribution in [3.8, 4) is 5.75 Å². The first-order chi connectivity index (χ1) is 14.3. The highest BCUT2D eigenvalue weighted by molar-refractivity contribution is 5.92. The van der Waals surface area contributed by atoms with E-state index in [1.165, 1.54) is 7.05 Å². The van der Waals surface area contributed by atoms with Crippen LogP contribution in [0.5, 0.6) is 5.75 Å². The van der Waals surface area contributed by atoms with E-state index < -0.39 is 17.8 Å². The molecule has 0 unspecified atom stereocenters. The number of carbonyl (C=O) groups excluding carboxylic acids is 1. The molecule has 1 fully saturated rings. The molecule has 0 spiro atoms. The fourth-order valence-electron chi connectivity index (χ4n) is 3.46. The average molecular weight is 425 g/mol. The highest BCUT2D eigenvalue weighted by Gasteiger charge is 2.35. The quantitative estimate of drug-likeness (QED) is 0.691. The van der Waals surface area contributed by atoms with Gasteiger partial charge in [-0.25, -0.2) is 0 Å². The number of rotatable bonds is 7. The van der Waals surface area contributed by atoms with Gasteiger partial charge in [0.25, 0.3) is 5.91 Å². The SMILES string of the molecule is COc1ccc(N2CCN(CCCNC(=O)c3cc(C(F)(F)F)n(C)n3)CC2)cc1. The molecule has 1 aliphatic rings. The number of nitrogens with one attached hydrogen (secondary N) is 1. The lowest BCUT2D eigenvalue weighted by Gasteiger charge is -2.36. The van der Waals surface area contributed by atoms with Crippen molar-refractivity contribution in [2.75, 3.05) is 51.3 Å². The molecule has 1 aromatic carbocycles. The Hall–Kier alpha value is -2.75. The predicted molar refractivity (Wildman–Crippen MR) is 107 cm³/mol. The molecule has 1 aromatic heterocycles. The number of ether oxygens (including phenoxy) is 1. The molecule has 1 aliphatic heterocycles. The van der Waals surface area contributed by atoms with Crippen LogP contribution in [0.25, 0.3) is 0 Å². The standard InChI is InChI=1S/C20H26F3N5O2/c1-26-18(20(21,22)23)14-17(25-26)19(29)24-8-3-9-27-10-12-28(13-11-27)15-4-6-16(30-2)7-5-15/h4-7,14H,3,8-13H2,1-2H3,(H,24,29). The molecule has 0 atom stereocenters. The minimum Gasteiger partial charge on any atom is -0.497 e. The van der Waals surface area contributed by atoms with Crippen LogP contribution in [0.3, 0.4) is 0 Å². The van der Waals surface area contributed by atoms with Crippen molar-refractivity contribution in [1.29, 1.82) is 0 Å². The molecule has 2 heterocycles. The number of anilines is 1. The van der Waals surface area contributed by atoms with Crippen LogP contribution in [-0.4, -0.2) is 67.0 Å². The first-order valence-corrected chi connectivity index (χ1v) is 9.78. The summed E-state index contributed by atoms with van der Waals surface area (Å²) in [6, 6.07) is 8.76. The lowest BCUT2D eigenvalue weighted by molar-refractivity contribution is -0.143. The number of aromatic nitrogens is 2. The first kappa shape index (κ1) is 21.9. The molecule has 0 aliphatic carbocycles. The van der Waals surface area contributed by atoms with E-state index in [4.69, 9.17) is 4.74 Å². The van der Waals surface area contributed by atoms with Gasteiger partial charge < -0.3 is 15.0 Å². The number of carbonyl (C=O) groups is 1. The van der Waals surface area contributed by atoms with Crippen LogP contribution in [0.4, 0.5) is 18.9 Å². The lowest BCUT2D eigenvalue weighted by atomic mass is 10.2. The Labute approximate surface area is 173 Å². The van der Waals surface area contributed by atoms with E-state index in [-0.39, 0.29) is 5.69 Å². The predicted octanol–water partition coefficient (Wildman–Crippen LogP) is 2.39. The summed E-state index contributed by atoms with van der Waals surface area (Å²) in [6.07, 6.45) is -3.82. The van der Waals surface area contributed by atoms with Gasteiger partial charge in [-0.1, -0.05) is 0 Å². The van der Waals surface area contributed by atoms with Crippen LogP contribution >= 0.6 is 0 Å². The second-order valence-electron chi connectivity index (χ2n) is 7.17. The fourth-order valence-corrected chi connectivity index (χ4v) is 3.46. The maximum atomic E-state index is 12.8. The zero-order chi connectivity index (χ0) is 21.7. The van der Waals surface area contributed by atoms with Gasteiger partial charge in [-0.15, -0.1) is 0 Å². The van der Waals surface area contributed by atoms with E-state index in [0.717, 1.165) is 50.2 Å². The fraction of sp³-hybridized carbons (Fsp3) is 0.500. The van der Waals surface area contributed by atoms with E-state index >= 15 is 0 Å². The molecule has 30 heavy (non-hydrogen) atoms. The molecule has 3 rings (SSSR count). The van der Waals surface area contributed by atoms with Crippen molar-refractivity contribution in [1.82, 2.24) is 20.0 Å². The zero-order valence-electron chi connectivity index (χ0n) is 17.1. The summed E-state index contributed by atoms with van der Waals surface area (Å²) in [5.41, 5.74) is -0.00314. The first-order valence-electron chi connectivity index (χ1n) is 9.78. The van der Waals surface area contributed by atoms with Crippen LogP contribution in [0.15, 0.2) is 30.3 Å². The molecule has 1 amide bonds. The summed E-state index contributed by atoms with van der Waals surface area (Å²) in [4.78, 5) is 16.7. The van der Waals surface area contributed by atoms with Crippen molar-refractivity contribution < 1.29 is 22.7 Å². The van der Waals surface area contributed by atoms with Crippen molar-refractivity contribution in [3.63, 3.8) is 0 Å². The smallest absolute Gasteiger partial charge is 0.433 e. The Bertz CT molecular complexity index is 843. The number of piperazine rings is 1. The summed E-state index contributed by atoms with van der Waals surface area (Å²) in [7, 11) is 2.82. The van der Waals surface area contributed by atoms with Gasteiger partial charge >= 0.3 is 6.18 Å². The van der Waals surface area contributed by atoms with Crippen molar-refractivity contribution in [3.05, 3.63) is 41.7 Å². The highest BCUT2D eigenvalue weighted by atomic mass is 19.4. The summed E-state index contributed by atoms with van der Waals surface area (Å²) >= 11 is 0. The van der Waals surface area contributed by atoms with Gasteiger partial charge in [-0.05, 0) is 37.2 Å². The summed E-state index contributed by atoms with van der Waals surface area (Å²) in [5, 5.41) is 6.30. The number of nitrogens with zero attached hydrogens (tertiary/aromatic N) is 4. The number of alkyl halides is 3. The second-order valence-corrected chi connectivity index (χ2v) is 7.17. The van der Waals surface area contributed by atoms with Crippen molar-refractivity contribution >= 4 is 11.6 Å². The monoisotopic (exact) mass is 425 g/mol. The van der Waals surface area contributed by atoms with Gasteiger partial charge in [-0.2, -0.15) is 18.3 Å². The van der Waals surface area contributed by atoms with Crippen molar-refractivity contribution in [2.45, 2.75) is 12.6 Å². The average Bonchev–Trinajstić information content (AvgIpc) is 3.14. The molecule has 7 nitrogen and oxygen atoms in total. The molecule has 2 aromatic rings. The van der Waals surface area contributed by atoms with Gasteiger partial charge in [0.05, 0.1) is 7.11 Å². The van der Waals surface area contributed by atoms with Gasteiger partial charge in [-0.3, -0.25) is 14.4 Å². The minimum atomic E-state index is -4.53. The number of halogens is 3. The van der Waals surface area contributed by atoms with Gasteiger partial charge in [0, 0.05) is 51.5 Å². The van der Waals surface area contributed by atoms with Crippen LogP contribution in [-0.2, 0) is 13.2 Å². The Morgan fingerprint density at radius 1 is 1.17 bits per heavy atom. The second kappa shape index (κ2) is 9.38. The Kier molecular flexibility index (Phi) is 6.86. The van der Waals surface area contributed by atoms with Crippen molar-refractivity contribution in [2.24, 2.45) is 7.05 Å². The number of aryl methyl sites for hydroxylation is 1. The van der Waals surface area contributed by atoms with Gasteiger partial charge in [0.1, 0.15) is 11.4 Å². The lowest BCUT2D eigenvalue weighted by Crippen LogP contribution is -2.47. The molecule has 10 heteroatoms. The Morgan fingerprint density at radius 2 is 1.83 bits per heavy atom. The molecule has 1 saturated heterocycles. The number of hydrogen-bond donors (Lipinski definition) is 1. The summed E-state index contributed by atoms with van der Waals surface area (Å²) < 4.78 is 44.3. The largest absolute Gasteiger partial charge is 0.497 e. The molecular formula is C20H26F3N5O2. The van der Waals surface area contributed by atoms with E-state index in [9.17, 15) is 18.0 Å². The number of hydrogen-bond acceptors (Lipinski definition) is 5. The number of methoxy groups -OCH3 is 1. The topological polar surface area (TPSA) is 62.6 Å². The third-order valence-corrected chi connectivity index (χ3v) is 5.15. The normalized spacial score (nSPS) is 15.3. The maximum Gasteiger partial charge on any atom is 0.433 e. The van der Waals surface area contributed by atoms with E-state index in [2.05, 4.69) is 20.2 Å². The molecule has 164 valence electrons. The molecule has 0 saturated carbocycles. The Morgan fingerprint density at radius 3 is 2.40 bits per heavy atom. The Balaban J connectivity index is 1.38. The molecule has 1 N–H and O–H groups in total.